The predicted molar refractivity (Wildman–Crippen MR) is 89.1 cm³/mol. The molecular formula is C17H20N6O. The maximum absolute atomic E-state index is 12.1. The maximum atomic E-state index is 12.1. The van der Waals surface area contributed by atoms with Crippen molar-refractivity contribution in [3.05, 3.63) is 18.6 Å². The number of aromatic nitrogens is 3. The Morgan fingerprint density at radius 2 is 2.38 bits per heavy atom. The van der Waals surface area contributed by atoms with Crippen LogP contribution >= 0.6 is 0 Å². The van der Waals surface area contributed by atoms with E-state index >= 15 is 0 Å². The molecule has 124 valence electrons. The van der Waals surface area contributed by atoms with Crippen LogP contribution in [0.5, 0.6) is 0 Å². The normalized spacial score (nSPS) is 26.4. The molecule has 0 spiro atoms. The van der Waals surface area contributed by atoms with Crippen molar-refractivity contribution in [2.75, 3.05) is 31.1 Å². The van der Waals surface area contributed by atoms with Crippen LogP contribution in [-0.4, -0.2) is 51.9 Å². The van der Waals surface area contributed by atoms with Crippen molar-refractivity contribution in [3.8, 4) is 6.07 Å². The zero-order valence-corrected chi connectivity index (χ0v) is 13.7. The van der Waals surface area contributed by atoms with Gasteiger partial charge in [-0.25, -0.2) is 9.97 Å². The lowest BCUT2D eigenvalue weighted by Crippen LogP contribution is -2.47. The number of nitrogens with one attached hydrogen (secondary N) is 1. The first kappa shape index (κ1) is 14.9. The van der Waals surface area contributed by atoms with Gasteiger partial charge in [-0.05, 0) is 18.4 Å². The first-order valence-electron chi connectivity index (χ1n) is 8.28. The second-order valence-electron chi connectivity index (χ2n) is 7.11. The molecule has 24 heavy (non-hydrogen) atoms. The molecule has 0 radical (unpaired) electrons. The molecule has 0 bridgehead atoms. The molecule has 0 saturated carbocycles. The zero-order chi connectivity index (χ0) is 16.7. The summed E-state index contributed by atoms with van der Waals surface area (Å²) in [7, 11) is 0. The number of likely N-dealkylation sites (tertiary alicyclic amines) is 1. The second-order valence-corrected chi connectivity index (χ2v) is 7.11. The Morgan fingerprint density at radius 1 is 1.50 bits per heavy atom. The number of rotatable bonds is 2. The first-order valence-corrected chi connectivity index (χ1v) is 8.28. The number of aromatic amines is 1. The number of nitriles is 1. The van der Waals surface area contributed by atoms with Crippen molar-refractivity contribution in [3.63, 3.8) is 0 Å². The van der Waals surface area contributed by atoms with E-state index in [0.717, 1.165) is 49.5 Å². The van der Waals surface area contributed by atoms with E-state index in [2.05, 4.69) is 26.8 Å². The van der Waals surface area contributed by atoms with Gasteiger partial charge in [-0.15, -0.1) is 0 Å². The summed E-state index contributed by atoms with van der Waals surface area (Å²) in [5, 5.41) is 9.80. The number of piperidine rings is 1. The number of fused-ring (bicyclic) bond motifs is 2. The van der Waals surface area contributed by atoms with Crippen LogP contribution in [0.4, 0.5) is 5.82 Å². The fourth-order valence-corrected chi connectivity index (χ4v) is 4.22. The van der Waals surface area contributed by atoms with Gasteiger partial charge in [0, 0.05) is 37.8 Å². The third-order valence-electron chi connectivity index (χ3n) is 5.49. The Balaban J connectivity index is 1.58. The Hall–Kier alpha value is -2.62. The van der Waals surface area contributed by atoms with Gasteiger partial charge in [0.25, 0.3) is 0 Å². The van der Waals surface area contributed by atoms with E-state index in [-0.39, 0.29) is 17.7 Å². The predicted octanol–water partition coefficient (Wildman–Crippen LogP) is 1.55. The fourth-order valence-electron chi connectivity index (χ4n) is 4.22. The van der Waals surface area contributed by atoms with E-state index < -0.39 is 0 Å². The monoisotopic (exact) mass is 324 g/mol. The minimum atomic E-state index is -0.0465. The van der Waals surface area contributed by atoms with Crippen LogP contribution in [0, 0.1) is 22.7 Å². The lowest BCUT2D eigenvalue weighted by Gasteiger charge is -2.42. The van der Waals surface area contributed by atoms with Crippen molar-refractivity contribution >= 4 is 22.8 Å². The smallest absolute Gasteiger partial charge is 0.236 e. The molecule has 0 aliphatic carbocycles. The second kappa shape index (κ2) is 5.48. The number of amides is 1. The number of carbonyl (C=O) groups excluding carboxylic acids is 1. The van der Waals surface area contributed by atoms with E-state index in [9.17, 15) is 4.79 Å². The van der Waals surface area contributed by atoms with Gasteiger partial charge in [0.1, 0.15) is 24.2 Å². The lowest BCUT2D eigenvalue weighted by atomic mass is 9.75. The van der Waals surface area contributed by atoms with Crippen LogP contribution < -0.4 is 4.90 Å². The van der Waals surface area contributed by atoms with Gasteiger partial charge in [-0.2, -0.15) is 5.26 Å². The summed E-state index contributed by atoms with van der Waals surface area (Å²) in [6.45, 7) is 5.53. The summed E-state index contributed by atoms with van der Waals surface area (Å²) >= 11 is 0. The van der Waals surface area contributed by atoms with Crippen LogP contribution in [0.1, 0.15) is 19.8 Å². The van der Waals surface area contributed by atoms with Gasteiger partial charge in [-0.3, -0.25) is 4.79 Å². The summed E-state index contributed by atoms with van der Waals surface area (Å²) in [6.07, 6.45) is 4.49. The average Bonchev–Trinajstić information content (AvgIpc) is 3.17. The Labute approximate surface area is 140 Å². The molecule has 2 aliphatic rings. The molecule has 2 aromatic rings. The van der Waals surface area contributed by atoms with Gasteiger partial charge in [0.15, 0.2) is 0 Å². The van der Waals surface area contributed by atoms with Crippen molar-refractivity contribution < 1.29 is 4.79 Å². The van der Waals surface area contributed by atoms with Crippen LogP contribution in [0.3, 0.4) is 0 Å². The van der Waals surface area contributed by atoms with Crippen molar-refractivity contribution in [1.82, 2.24) is 19.9 Å². The van der Waals surface area contributed by atoms with Crippen LogP contribution in [0.15, 0.2) is 18.6 Å². The largest absolute Gasteiger partial charge is 0.355 e. The van der Waals surface area contributed by atoms with Crippen molar-refractivity contribution in [2.24, 2.45) is 11.3 Å². The summed E-state index contributed by atoms with van der Waals surface area (Å²) in [4.78, 5) is 28.2. The standard InChI is InChI=1S/C17H20N6O/c1-17-9-22(16-13-3-6-19-15(13)20-11-21-16)7-4-12(17)8-23(10-17)14(24)2-5-18/h3,6,11-12H,2,4,7-10H2,1H3,(H,19,20,21). The minimum absolute atomic E-state index is 0.0254. The first-order chi connectivity index (χ1) is 11.6. The quantitative estimate of drug-likeness (QED) is 0.905. The number of anilines is 1. The molecule has 4 heterocycles. The third-order valence-corrected chi connectivity index (χ3v) is 5.49. The van der Waals surface area contributed by atoms with E-state index in [1.165, 1.54) is 0 Å². The Morgan fingerprint density at radius 3 is 3.21 bits per heavy atom. The van der Waals surface area contributed by atoms with E-state index in [4.69, 9.17) is 5.26 Å². The zero-order valence-electron chi connectivity index (χ0n) is 13.7. The summed E-state index contributed by atoms with van der Waals surface area (Å²) in [5.74, 6) is 1.40. The van der Waals surface area contributed by atoms with Crippen LogP contribution in [0.25, 0.3) is 11.0 Å². The van der Waals surface area contributed by atoms with Gasteiger partial charge < -0.3 is 14.8 Å². The van der Waals surface area contributed by atoms with E-state index in [0.29, 0.717) is 5.92 Å². The molecule has 0 aromatic carbocycles. The average molecular weight is 324 g/mol. The molecule has 2 aliphatic heterocycles. The van der Waals surface area contributed by atoms with Crippen LogP contribution in [-0.2, 0) is 4.79 Å². The molecule has 1 N–H and O–H groups in total. The number of hydrogen-bond acceptors (Lipinski definition) is 5. The van der Waals surface area contributed by atoms with Gasteiger partial charge >= 0.3 is 0 Å². The van der Waals surface area contributed by atoms with Gasteiger partial charge in [0.2, 0.25) is 5.91 Å². The molecule has 2 aromatic heterocycles. The highest BCUT2D eigenvalue weighted by Crippen LogP contribution is 2.43. The van der Waals surface area contributed by atoms with Crippen molar-refractivity contribution in [2.45, 2.75) is 19.8 Å². The lowest BCUT2D eigenvalue weighted by molar-refractivity contribution is -0.129. The molecule has 2 fully saturated rings. The fraction of sp³-hybridized carbons (Fsp3) is 0.529. The highest BCUT2D eigenvalue weighted by molar-refractivity contribution is 5.87. The number of nitrogens with zero attached hydrogens (tertiary/aromatic N) is 5. The minimum Gasteiger partial charge on any atom is -0.355 e. The molecule has 4 rings (SSSR count). The SMILES string of the molecule is CC12CN(C(=O)CC#N)CC1CCN(c1ncnc3[nH]ccc13)C2. The number of H-pyrrole nitrogens is 1. The molecule has 2 unspecified atom stereocenters. The molecule has 2 saturated heterocycles. The van der Waals surface area contributed by atoms with Crippen molar-refractivity contribution in [1.29, 1.82) is 5.26 Å². The molecular weight excluding hydrogens is 304 g/mol. The molecule has 7 nitrogen and oxygen atoms in total. The maximum Gasteiger partial charge on any atom is 0.236 e. The highest BCUT2D eigenvalue weighted by atomic mass is 16.2. The number of hydrogen-bond donors (Lipinski definition) is 1. The van der Waals surface area contributed by atoms with Gasteiger partial charge in [0.05, 0.1) is 11.5 Å². The topological polar surface area (TPSA) is 88.9 Å². The molecule has 2 atom stereocenters. The van der Waals surface area contributed by atoms with Gasteiger partial charge in [-0.1, -0.05) is 6.92 Å². The molecule has 7 heteroatoms. The van der Waals surface area contributed by atoms with E-state index in [1.54, 1.807) is 6.33 Å². The number of carbonyl (C=O) groups is 1. The molecule has 1 amide bonds. The van der Waals surface area contributed by atoms with E-state index in [1.807, 2.05) is 23.2 Å². The Bertz CT molecular complexity index is 824. The summed E-state index contributed by atoms with van der Waals surface area (Å²) < 4.78 is 0. The highest BCUT2D eigenvalue weighted by Gasteiger charge is 2.47. The summed E-state index contributed by atoms with van der Waals surface area (Å²) in [5.41, 5.74) is 0.890. The van der Waals surface area contributed by atoms with Crippen LogP contribution in [0.2, 0.25) is 0 Å². The third kappa shape index (κ3) is 2.30. The Kier molecular flexibility index (Phi) is 3.41. The summed E-state index contributed by atoms with van der Waals surface area (Å²) in [6, 6.07) is 3.98.